The summed E-state index contributed by atoms with van der Waals surface area (Å²) in [4.78, 5) is 17.4. The molecule has 5 rings (SSSR count). The molecule has 162 valence electrons. The fourth-order valence-corrected chi connectivity index (χ4v) is 5.26. The van der Waals surface area contributed by atoms with Gasteiger partial charge in [0.25, 0.3) is 0 Å². The Balaban J connectivity index is 1.25. The smallest absolute Gasteiger partial charge is 0.0921 e. The van der Waals surface area contributed by atoms with Gasteiger partial charge < -0.3 is 9.88 Å². The van der Waals surface area contributed by atoms with E-state index >= 15 is 0 Å². The van der Waals surface area contributed by atoms with E-state index in [1.54, 1.807) is 6.33 Å². The fraction of sp³-hybridized carbons (Fsp3) is 0.440. The standard InChI is InChI=1S/C25H30ClN5/c26-21-8-9-23-20(16-21)7-6-19-4-3-10-28-24(19)25(23)31-14-12-30(13-15-31)11-2-1-5-22-17-27-18-29-22/h3-4,8-10,16-18,25H,1-2,5-7,11-15H2,(H,27,29). The highest BCUT2D eigenvalue weighted by Gasteiger charge is 2.32. The number of aromatic amines is 1. The zero-order valence-electron chi connectivity index (χ0n) is 17.9. The number of imidazole rings is 1. The van der Waals surface area contributed by atoms with Gasteiger partial charge in [-0.2, -0.15) is 0 Å². The number of H-pyrrole nitrogens is 1. The number of halogens is 1. The minimum absolute atomic E-state index is 0.230. The molecular weight excluding hydrogens is 406 g/mol. The van der Waals surface area contributed by atoms with Crippen LogP contribution in [0, 0.1) is 0 Å². The van der Waals surface area contributed by atoms with Crippen molar-refractivity contribution < 1.29 is 0 Å². The normalized spacial score (nSPS) is 19.6. The van der Waals surface area contributed by atoms with Gasteiger partial charge in [-0.3, -0.25) is 9.88 Å². The van der Waals surface area contributed by atoms with Gasteiger partial charge >= 0.3 is 0 Å². The van der Waals surface area contributed by atoms with Gasteiger partial charge in [-0.1, -0.05) is 23.7 Å². The monoisotopic (exact) mass is 435 g/mol. The van der Waals surface area contributed by atoms with Gasteiger partial charge in [0.1, 0.15) is 0 Å². The molecular formula is C25H30ClN5. The van der Waals surface area contributed by atoms with E-state index in [4.69, 9.17) is 16.6 Å². The van der Waals surface area contributed by atoms with Crippen molar-refractivity contribution in [2.24, 2.45) is 0 Å². The summed E-state index contributed by atoms with van der Waals surface area (Å²) in [5, 5.41) is 0.830. The number of hydrogen-bond acceptors (Lipinski definition) is 4. The van der Waals surface area contributed by atoms with Gasteiger partial charge in [0, 0.05) is 49.3 Å². The van der Waals surface area contributed by atoms with Gasteiger partial charge in [-0.05, 0) is 73.5 Å². The summed E-state index contributed by atoms with van der Waals surface area (Å²) < 4.78 is 0. The summed E-state index contributed by atoms with van der Waals surface area (Å²) >= 11 is 6.35. The van der Waals surface area contributed by atoms with Crippen molar-refractivity contribution in [3.05, 3.63) is 82.2 Å². The van der Waals surface area contributed by atoms with E-state index < -0.39 is 0 Å². The lowest BCUT2D eigenvalue weighted by Gasteiger charge is -2.39. The molecule has 1 aromatic carbocycles. The summed E-state index contributed by atoms with van der Waals surface area (Å²) in [6.07, 6.45) is 11.2. The maximum Gasteiger partial charge on any atom is 0.0921 e. The predicted octanol–water partition coefficient (Wildman–Crippen LogP) is 4.29. The predicted molar refractivity (Wildman–Crippen MR) is 124 cm³/mol. The van der Waals surface area contributed by atoms with Crippen molar-refractivity contribution in [1.82, 2.24) is 24.8 Å². The number of aryl methyl sites for hydroxylation is 3. The number of rotatable bonds is 6. The second kappa shape index (κ2) is 9.51. The van der Waals surface area contributed by atoms with Gasteiger partial charge in [0.15, 0.2) is 0 Å². The average Bonchev–Trinajstić information content (AvgIpc) is 3.26. The minimum atomic E-state index is 0.230. The Hall–Kier alpha value is -2.21. The SMILES string of the molecule is Clc1ccc2c(c1)CCc1cccnc1C2N1CCN(CCCCc2cnc[nH]2)CC1. The number of unbranched alkanes of at least 4 members (excludes halogenated alkanes) is 1. The van der Waals surface area contributed by atoms with Crippen LogP contribution < -0.4 is 0 Å². The lowest BCUT2D eigenvalue weighted by atomic mass is 9.96. The van der Waals surface area contributed by atoms with Crippen molar-refractivity contribution in [2.45, 2.75) is 38.1 Å². The Bertz CT molecular complexity index is 995. The number of nitrogens with one attached hydrogen (secondary N) is 1. The number of pyridine rings is 1. The van der Waals surface area contributed by atoms with E-state index in [9.17, 15) is 0 Å². The molecule has 0 spiro atoms. The maximum absolute atomic E-state index is 6.35. The zero-order valence-corrected chi connectivity index (χ0v) is 18.7. The number of piperazine rings is 1. The van der Waals surface area contributed by atoms with E-state index in [1.807, 2.05) is 18.5 Å². The molecule has 1 aliphatic heterocycles. The van der Waals surface area contributed by atoms with Crippen LogP contribution in [0.5, 0.6) is 0 Å². The fourth-order valence-electron chi connectivity index (χ4n) is 5.07. The highest BCUT2D eigenvalue weighted by molar-refractivity contribution is 6.30. The first kappa shape index (κ1) is 20.7. The van der Waals surface area contributed by atoms with E-state index in [-0.39, 0.29) is 6.04 Å². The number of nitrogens with zero attached hydrogens (tertiary/aromatic N) is 4. The van der Waals surface area contributed by atoms with Crippen molar-refractivity contribution in [3.63, 3.8) is 0 Å². The van der Waals surface area contributed by atoms with Crippen LogP contribution in [0.4, 0.5) is 0 Å². The van der Waals surface area contributed by atoms with Crippen LogP contribution in [-0.2, 0) is 19.3 Å². The lowest BCUT2D eigenvalue weighted by molar-refractivity contribution is 0.106. The highest BCUT2D eigenvalue weighted by atomic mass is 35.5. The van der Waals surface area contributed by atoms with Gasteiger partial charge in [0.2, 0.25) is 0 Å². The maximum atomic E-state index is 6.35. The van der Waals surface area contributed by atoms with Crippen LogP contribution >= 0.6 is 11.6 Å². The molecule has 1 aliphatic carbocycles. The second-order valence-electron chi connectivity index (χ2n) is 8.71. The van der Waals surface area contributed by atoms with E-state index in [0.717, 1.165) is 50.5 Å². The van der Waals surface area contributed by atoms with E-state index in [0.29, 0.717) is 0 Å². The second-order valence-corrected chi connectivity index (χ2v) is 9.14. The quantitative estimate of drug-likeness (QED) is 0.587. The van der Waals surface area contributed by atoms with Crippen molar-refractivity contribution in [1.29, 1.82) is 0 Å². The summed E-state index contributed by atoms with van der Waals surface area (Å²) in [5.41, 5.74) is 6.60. The Kier molecular flexibility index (Phi) is 6.35. The van der Waals surface area contributed by atoms with Crippen LogP contribution in [0.15, 0.2) is 49.1 Å². The summed E-state index contributed by atoms with van der Waals surface area (Å²) in [7, 11) is 0. The Morgan fingerprint density at radius 1 is 1.03 bits per heavy atom. The largest absolute Gasteiger partial charge is 0.348 e. The van der Waals surface area contributed by atoms with E-state index in [1.165, 1.54) is 47.5 Å². The highest BCUT2D eigenvalue weighted by Crippen LogP contribution is 2.37. The van der Waals surface area contributed by atoms with Gasteiger partial charge in [0.05, 0.1) is 18.1 Å². The molecule has 1 fully saturated rings. The minimum Gasteiger partial charge on any atom is -0.348 e. The van der Waals surface area contributed by atoms with Crippen LogP contribution in [0.1, 0.15) is 47.0 Å². The summed E-state index contributed by atoms with van der Waals surface area (Å²) in [5.74, 6) is 0. The number of fused-ring (bicyclic) bond motifs is 2. The molecule has 0 bridgehead atoms. The molecule has 1 saturated heterocycles. The topological polar surface area (TPSA) is 48.1 Å². The molecule has 6 heteroatoms. The number of hydrogen-bond donors (Lipinski definition) is 1. The molecule has 0 amide bonds. The zero-order chi connectivity index (χ0) is 21.0. The molecule has 3 aromatic rings. The van der Waals surface area contributed by atoms with Gasteiger partial charge in [-0.15, -0.1) is 0 Å². The van der Waals surface area contributed by atoms with Gasteiger partial charge in [-0.25, -0.2) is 4.98 Å². The van der Waals surface area contributed by atoms with Crippen LogP contribution in [-0.4, -0.2) is 57.5 Å². The molecule has 2 aliphatic rings. The Labute approximate surface area is 189 Å². The van der Waals surface area contributed by atoms with E-state index in [2.05, 4.69) is 44.0 Å². The number of aromatic nitrogens is 3. The molecule has 5 nitrogen and oxygen atoms in total. The molecule has 1 N–H and O–H groups in total. The van der Waals surface area contributed by atoms with Crippen LogP contribution in [0.2, 0.25) is 5.02 Å². The number of benzene rings is 1. The molecule has 2 aromatic heterocycles. The molecule has 0 saturated carbocycles. The third-order valence-corrected chi connectivity index (χ3v) is 6.98. The average molecular weight is 436 g/mol. The third-order valence-electron chi connectivity index (χ3n) is 6.75. The summed E-state index contributed by atoms with van der Waals surface area (Å²) in [6.45, 7) is 5.55. The molecule has 31 heavy (non-hydrogen) atoms. The summed E-state index contributed by atoms with van der Waals surface area (Å²) in [6, 6.07) is 11.0. The molecule has 1 atom stereocenters. The first-order valence-electron chi connectivity index (χ1n) is 11.4. The van der Waals surface area contributed by atoms with Crippen LogP contribution in [0.25, 0.3) is 0 Å². The first-order chi connectivity index (χ1) is 15.3. The first-order valence-corrected chi connectivity index (χ1v) is 11.8. The Morgan fingerprint density at radius 2 is 1.90 bits per heavy atom. The lowest BCUT2D eigenvalue weighted by Crippen LogP contribution is -2.48. The molecule has 0 radical (unpaired) electrons. The van der Waals surface area contributed by atoms with Crippen molar-refractivity contribution in [2.75, 3.05) is 32.7 Å². The van der Waals surface area contributed by atoms with Crippen molar-refractivity contribution >= 4 is 11.6 Å². The van der Waals surface area contributed by atoms with Crippen LogP contribution in [0.3, 0.4) is 0 Å². The van der Waals surface area contributed by atoms with Crippen molar-refractivity contribution in [3.8, 4) is 0 Å². The molecule has 3 heterocycles. The Morgan fingerprint density at radius 3 is 2.74 bits per heavy atom. The third kappa shape index (κ3) is 4.69. The molecule has 1 unspecified atom stereocenters.